The van der Waals surface area contributed by atoms with Crippen molar-refractivity contribution in [1.29, 1.82) is 0 Å². The molecule has 0 radical (unpaired) electrons. The fourth-order valence-corrected chi connectivity index (χ4v) is 4.21. The molecular formula is C28H27NO4. The van der Waals surface area contributed by atoms with Gasteiger partial charge in [-0.05, 0) is 80.3 Å². The summed E-state index contributed by atoms with van der Waals surface area (Å²) in [7, 11) is 1.58. The summed E-state index contributed by atoms with van der Waals surface area (Å²) in [6.45, 7) is 7.75. The van der Waals surface area contributed by atoms with Gasteiger partial charge in [-0.3, -0.25) is 14.5 Å². The third kappa shape index (κ3) is 3.91. The second kappa shape index (κ2) is 8.58. The van der Waals surface area contributed by atoms with Crippen molar-refractivity contribution in [3.05, 3.63) is 99.6 Å². The number of methoxy groups -OCH3 is 1. The number of carbonyl (C=O) groups is 2. The third-order valence-corrected chi connectivity index (χ3v) is 6.29. The smallest absolute Gasteiger partial charge is 0.300 e. The number of benzene rings is 3. The molecule has 4 rings (SSSR count). The van der Waals surface area contributed by atoms with Crippen LogP contribution in [0, 0.1) is 27.7 Å². The highest BCUT2D eigenvalue weighted by Crippen LogP contribution is 2.43. The highest BCUT2D eigenvalue weighted by molar-refractivity contribution is 6.51. The van der Waals surface area contributed by atoms with E-state index < -0.39 is 17.7 Å². The number of aliphatic hydroxyl groups excluding tert-OH is 1. The van der Waals surface area contributed by atoms with Crippen LogP contribution in [0.2, 0.25) is 0 Å². The number of aryl methyl sites for hydroxylation is 4. The Morgan fingerprint density at radius 2 is 1.52 bits per heavy atom. The number of nitrogens with zero attached hydrogens (tertiary/aromatic N) is 1. The summed E-state index contributed by atoms with van der Waals surface area (Å²) in [6, 6.07) is 17.8. The fourth-order valence-electron chi connectivity index (χ4n) is 4.21. The zero-order valence-corrected chi connectivity index (χ0v) is 19.5. The van der Waals surface area contributed by atoms with Crippen LogP contribution in [0.1, 0.15) is 39.4 Å². The number of rotatable bonds is 4. The number of hydrogen-bond acceptors (Lipinski definition) is 4. The van der Waals surface area contributed by atoms with Gasteiger partial charge in [0.05, 0.1) is 18.7 Å². The van der Waals surface area contributed by atoms with Gasteiger partial charge in [-0.15, -0.1) is 0 Å². The van der Waals surface area contributed by atoms with E-state index in [9.17, 15) is 14.7 Å². The Morgan fingerprint density at radius 3 is 2.15 bits per heavy atom. The molecule has 0 bridgehead atoms. The first-order valence-corrected chi connectivity index (χ1v) is 10.8. The number of amides is 1. The Morgan fingerprint density at radius 1 is 0.848 bits per heavy atom. The van der Waals surface area contributed by atoms with Crippen LogP contribution in [-0.4, -0.2) is 23.9 Å². The van der Waals surface area contributed by atoms with Crippen LogP contribution in [0.5, 0.6) is 5.75 Å². The Kier molecular flexibility index (Phi) is 5.81. The van der Waals surface area contributed by atoms with Gasteiger partial charge in [-0.25, -0.2) is 0 Å². The maximum Gasteiger partial charge on any atom is 0.300 e. The summed E-state index contributed by atoms with van der Waals surface area (Å²) in [4.78, 5) is 28.1. The highest BCUT2D eigenvalue weighted by atomic mass is 16.5. The van der Waals surface area contributed by atoms with Gasteiger partial charge >= 0.3 is 0 Å². The van der Waals surface area contributed by atoms with E-state index in [-0.39, 0.29) is 11.3 Å². The van der Waals surface area contributed by atoms with Gasteiger partial charge < -0.3 is 9.84 Å². The molecular weight excluding hydrogens is 414 g/mol. The molecule has 0 aliphatic carbocycles. The van der Waals surface area contributed by atoms with Crippen LogP contribution in [0.3, 0.4) is 0 Å². The summed E-state index contributed by atoms with van der Waals surface area (Å²) in [5, 5.41) is 11.4. The number of aliphatic hydroxyl groups is 1. The molecule has 3 aromatic carbocycles. The quantitative estimate of drug-likeness (QED) is 0.327. The van der Waals surface area contributed by atoms with Gasteiger partial charge in [0, 0.05) is 11.3 Å². The molecule has 1 atom stereocenters. The summed E-state index contributed by atoms with van der Waals surface area (Å²) in [6.07, 6.45) is 0. The molecule has 0 saturated carbocycles. The van der Waals surface area contributed by atoms with E-state index in [4.69, 9.17) is 4.74 Å². The predicted octanol–water partition coefficient (Wildman–Crippen LogP) is 5.56. The number of ketones is 1. The monoisotopic (exact) mass is 441 g/mol. The van der Waals surface area contributed by atoms with Crippen LogP contribution >= 0.6 is 0 Å². The molecule has 5 nitrogen and oxygen atoms in total. The average molecular weight is 442 g/mol. The standard InChI is InChI=1S/C28H27NO4/c1-16-6-7-18(3)23(14-16)26(30)24-25(20-9-12-22(33-5)13-10-20)29(28(32)27(24)31)21-11-8-17(2)19(4)15-21/h6-15,25,30H,1-5H3/b26-24+. The molecule has 1 aliphatic rings. The van der Waals surface area contributed by atoms with Crippen molar-refractivity contribution in [1.82, 2.24) is 0 Å². The largest absolute Gasteiger partial charge is 0.507 e. The number of carbonyl (C=O) groups excluding carboxylic acids is 2. The zero-order chi connectivity index (χ0) is 23.9. The molecule has 5 heteroatoms. The summed E-state index contributed by atoms with van der Waals surface area (Å²) < 4.78 is 5.28. The molecule has 3 aromatic rings. The van der Waals surface area contributed by atoms with E-state index in [0.717, 1.165) is 22.3 Å². The second-order valence-electron chi connectivity index (χ2n) is 8.53. The van der Waals surface area contributed by atoms with Gasteiger partial charge in [0.15, 0.2) is 0 Å². The van der Waals surface area contributed by atoms with Gasteiger partial charge in [-0.1, -0.05) is 35.9 Å². The van der Waals surface area contributed by atoms with Crippen LogP contribution in [0.4, 0.5) is 5.69 Å². The molecule has 1 heterocycles. The van der Waals surface area contributed by atoms with Gasteiger partial charge in [0.1, 0.15) is 11.5 Å². The summed E-state index contributed by atoms with van der Waals surface area (Å²) in [5.41, 5.74) is 5.82. The minimum Gasteiger partial charge on any atom is -0.507 e. The summed E-state index contributed by atoms with van der Waals surface area (Å²) in [5.74, 6) is -0.864. The Labute approximate surface area is 193 Å². The van der Waals surface area contributed by atoms with E-state index in [1.807, 2.05) is 76.2 Å². The number of Topliss-reactive ketones (excluding diaryl/α,β-unsaturated/α-hetero) is 1. The first-order valence-electron chi connectivity index (χ1n) is 10.8. The molecule has 0 aromatic heterocycles. The molecule has 1 unspecified atom stereocenters. The molecule has 1 N–H and O–H groups in total. The fraction of sp³-hybridized carbons (Fsp3) is 0.214. The van der Waals surface area contributed by atoms with Crippen molar-refractivity contribution in [3.8, 4) is 5.75 Å². The van der Waals surface area contributed by atoms with Crippen LogP contribution in [0.15, 0.2) is 66.2 Å². The van der Waals surface area contributed by atoms with Crippen LogP contribution in [0.25, 0.3) is 5.76 Å². The van der Waals surface area contributed by atoms with Gasteiger partial charge in [0.25, 0.3) is 11.7 Å². The number of ether oxygens (including phenoxy) is 1. The number of hydrogen-bond donors (Lipinski definition) is 1. The second-order valence-corrected chi connectivity index (χ2v) is 8.53. The van der Waals surface area contributed by atoms with Crippen LogP contribution in [-0.2, 0) is 9.59 Å². The normalized spacial score (nSPS) is 17.5. The van der Waals surface area contributed by atoms with E-state index in [2.05, 4.69) is 0 Å². The van der Waals surface area contributed by atoms with Crippen molar-refractivity contribution >= 4 is 23.1 Å². The lowest BCUT2D eigenvalue weighted by molar-refractivity contribution is -0.132. The van der Waals surface area contributed by atoms with Gasteiger partial charge in [-0.2, -0.15) is 0 Å². The van der Waals surface area contributed by atoms with Crippen molar-refractivity contribution in [2.24, 2.45) is 0 Å². The Bertz CT molecular complexity index is 1290. The lowest BCUT2D eigenvalue weighted by Crippen LogP contribution is -2.29. The van der Waals surface area contributed by atoms with Crippen molar-refractivity contribution in [2.75, 3.05) is 12.0 Å². The average Bonchev–Trinajstić information content (AvgIpc) is 3.07. The van der Waals surface area contributed by atoms with Crippen LogP contribution < -0.4 is 9.64 Å². The maximum atomic E-state index is 13.3. The molecule has 1 saturated heterocycles. The summed E-state index contributed by atoms with van der Waals surface area (Å²) >= 11 is 0. The minimum absolute atomic E-state index is 0.0806. The van der Waals surface area contributed by atoms with Crippen molar-refractivity contribution in [3.63, 3.8) is 0 Å². The topological polar surface area (TPSA) is 66.8 Å². The van der Waals surface area contributed by atoms with E-state index in [0.29, 0.717) is 22.6 Å². The minimum atomic E-state index is -0.766. The highest BCUT2D eigenvalue weighted by Gasteiger charge is 2.47. The van der Waals surface area contributed by atoms with Crippen molar-refractivity contribution in [2.45, 2.75) is 33.7 Å². The molecule has 168 valence electrons. The Balaban J connectivity index is 1.97. The van der Waals surface area contributed by atoms with E-state index in [1.54, 1.807) is 19.2 Å². The van der Waals surface area contributed by atoms with E-state index in [1.165, 1.54) is 4.90 Å². The predicted molar refractivity (Wildman–Crippen MR) is 130 cm³/mol. The third-order valence-electron chi connectivity index (χ3n) is 6.29. The number of anilines is 1. The lowest BCUT2D eigenvalue weighted by Gasteiger charge is -2.26. The molecule has 1 amide bonds. The molecule has 0 spiro atoms. The SMILES string of the molecule is COc1ccc(C2/C(=C(\O)c3cc(C)ccc3C)C(=O)C(=O)N2c2ccc(C)c(C)c2)cc1. The van der Waals surface area contributed by atoms with Crippen molar-refractivity contribution < 1.29 is 19.4 Å². The van der Waals surface area contributed by atoms with E-state index >= 15 is 0 Å². The first kappa shape index (κ1) is 22.3. The zero-order valence-electron chi connectivity index (χ0n) is 19.5. The maximum absolute atomic E-state index is 13.3. The molecule has 1 fully saturated rings. The lowest BCUT2D eigenvalue weighted by atomic mass is 9.93. The Hall–Kier alpha value is -3.86. The molecule has 1 aliphatic heterocycles. The molecule has 33 heavy (non-hydrogen) atoms. The first-order chi connectivity index (χ1) is 15.7. The van der Waals surface area contributed by atoms with Gasteiger partial charge in [0.2, 0.25) is 0 Å².